The fourth-order valence-electron chi connectivity index (χ4n) is 0.442. The average molecular weight is 128 g/mol. The number of nitrogens with zero attached hydrogens (tertiary/aromatic N) is 2. The van der Waals surface area contributed by atoms with Crippen molar-refractivity contribution in [1.82, 2.24) is 20.6 Å². The van der Waals surface area contributed by atoms with Gasteiger partial charge in [0.2, 0.25) is 5.95 Å². The van der Waals surface area contributed by atoms with Crippen molar-refractivity contribution in [3.63, 3.8) is 0 Å². The van der Waals surface area contributed by atoms with Gasteiger partial charge < -0.3 is 5.73 Å². The Morgan fingerprint density at radius 2 is 2.44 bits per heavy atom. The van der Waals surface area contributed by atoms with Gasteiger partial charge in [0.15, 0.2) is 0 Å². The highest BCUT2D eigenvalue weighted by Crippen LogP contribution is 1.94. The van der Waals surface area contributed by atoms with Crippen LogP contribution in [0.3, 0.4) is 0 Å². The Kier molecular flexibility index (Phi) is 1.50. The van der Waals surface area contributed by atoms with E-state index in [9.17, 15) is 0 Å². The molecule has 6 heteroatoms. The van der Waals surface area contributed by atoms with Crippen LogP contribution in [-0.2, 0) is 0 Å². The van der Waals surface area contributed by atoms with Crippen molar-refractivity contribution in [1.29, 1.82) is 0 Å². The van der Waals surface area contributed by atoms with E-state index in [0.717, 1.165) is 0 Å². The van der Waals surface area contributed by atoms with Crippen LogP contribution in [-0.4, -0.2) is 22.2 Å². The molecule has 0 unspecified atom stereocenters. The van der Waals surface area contributed by atoms with Gasteiger partial charge in [-0.1, -0.05) is 0 Å². The van der Waals surface area contributed by atoms with Gasteiger partial charge in [-0.05, 0) is 0 Å². The number of rotatable bonds is 2. The molecule has 0 aliphatic rings. The number of hydrogen-bond acceptors (Lipinski definition) is 5. The first kappa shape index (κ1) is 5.83. The van der Waals surface area contributed by atoms with Gasteiger partial charge >= 0.3 is 0 Å². The van der Waals surface area contributed by atoms with Gasteiger partial charge in [-0.3, -0.25) is 5.43 Å². The highest BCUT2D eigenvalue weighted by atomic mass is 15.4. The molecule has 0 aliphatic heterocycles. The van der Waals surface area contributed by atoms with E-state index in [1.807, 2.05) is 0 Å². The molecule has 0 bridgehead atoms. The minimum absolute atomic E-state index is 0.299. The predicted molar refractivity (Wildman–Crippen MR) is 33.5 cm³/mol. The zero-order valence-corrected chi connectivity index (χ0v) is 4.97. The number of anilines is 2. The monoisotopic (exact) mass is 128 g/mol. The van der Waals surface area contributed by atoms with E-state index in [1.54, 1.807) is 7.05 Å². The maximum Gasteiger partial charge on any atom is 0.258 e. The quantitative estimate of drug-likeness (QED) is 0.381. The van der Waals surface area contributed by atoms with E-state index in [2.05, 4.69) is 26.0 Å². The number of nitrogens with two attached hydrogens (primary N) is 1. The number of nitrogens with one attached hydrogen (secondary N) is 3. The Hall–Kier alpha value is -1.30. The zero-order valence-electron chi connectivity index (χ0n) is 4.97. The lowest BCUT2D eigenvalue weighted by Gasteiger charge is -1.92. The van der Waals surface area contributed by atoms with Crippen molar-refractivity contribution < 1.29 is 0 Å². The lowest BCUT2D eigenvalue weighted by Crippen LogP contribution is -2.15. The molecule has 0 aliphatic carbocycles. The first-order valence-electron chi connectivity index (χ1n) is 2.43. The fourth-order valence-corrected chi connectivity index (χ4v) is 0.442. The molecule has 1 rings (SSSR count). The van der Waals surface area contributed by atoms with Crippen LogP contribution in [0.25, 0.3) is 0 Å². The molecular formula is C3H8N6. The van der Waals surface area contributed by atoms with Crippen LogP contribution in [0.2, 0.25) is 0 Å². The minimum atomic E-state index is 0.299. The summed E-state index contributed by atoms with van der Waals surface area (Å²) in [4.78, 5) is 3.74. The van der Waals surface area contributed by atoms with Gasteiger partial charge in [0.25, 0.3) is 5.95 Å². The summed E-state index contributed by atoms with van der Waals surface area (Å²) in [6.07, 6.45) is 0. The highest BCUT2D eigenvalue weighted by molar-refractivity contribution is 5.27. The molecule has 0 aromatic carbocycles. The topological polar surface area (TPSA) is 91.7 Å². The third-order valence-corrected chi connectivity index (χ3v) is 0.740. The van der Waals surface area contributed by atoms with Crippen molar-refractivity contribution in [2.75, 3.05) is 18.2 Å². The van der Waals surface area contributed by atoms with E-state index in [-0.39, 0.29) is 0 Å². The predicted octanol–water partition coefficient (Wildman–Crippen LogP) is -1.07. The average Bonchev–Trinajstić information content (AvgIpc) is 2.17. The van der Waals surface area contributed by atoms with E-state index in [1.165, 1.54) is 0 Å². The van der Waals surface area contributed by atoms with Crippen LogP contribution in [0.15, 0.2) is 0 Å². The Morgan fingerprint density at radius 3 is 2.89 bits per heavy atom. The van der Waals surface area contributed by atoms with Crippen LogP contribution >= 0.6 is 0 Å². The second-order valence-electron chi connectivity index (χ2n) is 1.42. The Labute approximate surface area is 51.8 Å². The normalized spacial score (nSPS) is 9.44. The summed E-state index contributed by atoms with van der Waals surface area (Å²) >= 11 is 0. The second-order valence-corrected chi connectivity index (χ2v) is 1.42. The van der Waals surface area contributed by atoms with Crippen LogP contribution in [0, 0.1) is 0 Å². The van der Waals surface area contributed by atoms with Gasteiger partial charge in [-0.15, -0.1) is 5.10 Å². The SMILES string of the molecule is CNNc1n[nH]c(N)n1. The molecule has 0 amide bonds. The highest BCUT2D eigenvalue weighted by Gasteiger charge is 1.93. The third-order valence-electron chi connectivity index (χ3n) is 0.740. The Balaban J connectivity index is 2.61. The Morgan fingerprint density at radius 1 is 1.67 bits per heavy atom. The molecule has 1 aromatic rings. The van der Waals surface area contributed by atoms with Crippen LogP contribution in [0.4, 0.5) is 11.9 Å². The molecule has 0 spiro atoms. The molecule has 9 heavy (non-hydrogen) atoms. The lowest BCUT2D eigenvalue weighted by atomic mass is 11.0. The smallest absolute Gasteiger partial charge is 0.258 e. The molecular weight excluding hydrogens is 120 g/mol. The summed E-state index contributed by atoms with van der Waals surface area (Å²) in [5.74, 6) is 0.739. The number of H-pyrrole nitrogens is 1. The summed E-state index contributed by atoms with van der Waals surface area (Å²) in [6, 6.07) is 0. The number of hydrazine groups is 1. The number of nitrogen functional groups attached to an aromatic ring is 1. The minimum Gasteiger partial charge on any atom is -0.368 e. The molecule has 1 aromatic heterocycles. The number of aromatic nitrogens is 3. The maximum absolute atomic E-state index is 5.21. The van der Waals surface area contributed by atoms with E-state index >= 15 is 0 Å². The maximum atomic E-state index is 5.21. The molecule has 0 saturated heterocycles. The Bertz CT molecular complexity index is 180. The van der Waals surface area contributed by atoms with Gasteiger partial charge in [-0.2, -0.15) is 4.98 Å². The van der Waals surface area contributed by atoms with Crippen LogP contribution in [0.5, 0.6) is 0 Å². The van der Waals surface area contributed by atoms with Crippen molar-refractivity contribution in [3.05, 3.63) is 0 Å². The fraction of sp³-hybridized carbons (Fsp3) is 0.333. The molecule has 0 fully saturated rings. The van der Waals surface area contributed by atoms with Crippen molar-refractivity contribution >= 4 is 11.9 Å². The number of aromatic amines is 1. The van der Waals surface area contributed by atoms with Crippen molar-refractivity contribution in [3.8, 4) is 0 Å². The first-order valence-corrected chi connectivity index (χ1v) is 2.43. The van der Waals surface area contributed by atoms with Crippen molar-refractivity contribution in [2.45, 2.75) is 0 Å². The van der Waals surface area contributed by atoms with Gasteiger partial charge in [0.05, 0.1) is 0 Å². The molecule has 5 N–H and O–H groups in total. The molecule has 0 atom stereocenters. The zero-order chi connectivity index (χ0) is 6.69. The van der Waals surface area contributed by atoms with Crippen LogP contribution in [0.1, 0.15) is 0 Å². The largest absolute Gasteiger partial charge is 0.368 e. The first-order chi connectivity index (χ1) is 4.33. The van der Waals surface area contributed by atoms with Gasteiger partial charge in [-0.25, -0.2) is 10.5 Å². The molecule has 0 radical (unpaired) electrons. The molecule has 0 saturated carbocycles. The van der Waals surface area contributed by atoms with E-state index < -0.39 is 0 Å². The molecule has 50 valence electrons. The lowest BCUT2D eigenvalue weighted by molar-refractivity contribution is 0.941. The van der Waals surface area contributed by atoms with Gasteiger partial charge in [0.1, 0.15) is 0 Å². The second kappa shape index (κ2) is 2.31. The van der Waals surface area contributed by atoms with Crippen LogP contribution < -0.4 is 16.6 Å². The standard InChI is InChI=1S/C3H8N6/c1-5-8-3-6-2(4)7-9-3/h5H,1H3,(H4,4,6,7,8,9). The van der Waals surface area contributed by atoms with Crippen molar-refractivity contribution in [2.24, 2.45) is 0 Å². The number of hydrogen-bond donors (Lipinski definition) is 4. The van der Waals surface area contributed by atoms with E-state index in [0.29, 0.717) is 11.9 Å². The summed E-state index contributed by atoms with van der Waals surface area (Å²) in [5, 5.41) is 6.14. The van der Waals surface area contributed by atoms with E-state index in [4.69, 9.17) is 5.73 Å². The molecule has 6 nitrogen and oxygen atoms in total. The summed E-state index contributed by atoms with van der Waals surface area (Å²) < 4.78 is 0. The summed E-state index contributed by atoms with van der Waals surface area (Å²) in [7, 11) is 1.71. The summed E-state index contributed by atoms with van der Waals surface area (Å²) in [5.41, 5.74) is 10.5. The molecule has 1 heterocycles. The summed E-state index contributed by atoms with van der Waals surface area (Å²) in [6.45, 7) is 0. The third kappa shape index (κ3) is 1.29. The van der Waals surface area contributed by atoms with Gasteiger partial charge in [0, 0.05) is 7.05 Å².